The molecule has 3 heterocycles. The smallest absolute Gasteiger partial charge is 0.322 e. The third-order valence-electron chi connectivity index (χ3n) is 5.31. The first-order valence-corrected chi connectivity index (χ1v) is 8.63. The van der Waals surface area contributed by atoms with Gasteiger partial charge < -0.3 is 15.1 Å². The van der Waals surface area contributed by atoms with E-state index in [2.05, 4.69) is 17.1 Å². The third-order valence-corrected chi connectivity index (χ3v) is 5.63. The van der Waals surface area contributed by atoms with Crippen LogP contribution >= 0.6 is 11.6 Å². The molecule has 0 radical (unpaired) electrons. The molecule has 0 aromatic heterocycles. The Labute approximate surface area is 136 Å². The molecule has 3 atom stereocenters. The van der Waals surface area contributed by atoms with Gasteiger partial charge in [0, 0.05) is 30.9 Å². The van der Waals surface area contributed by atoms with Crippen molar-refractivity contribution in [2.24, 2.45) is 5.92 Å². The number of carbonyl (C=O) groups is 1. The largest absolute Gasteiger partial charge is 0.370 e. The Hall–Kier alpha value is -1.42. The van der Waals surface area contributed by atoms with Crippen LogP contribution in [-0.2, 0) is 0 Å². The number of benzene rings is 1. The molecule has 1 aromatic carbocycles. The van der Waals surface area contributed by atoms with Gasteiger partial charge >= 0.3 is 6.03 Å². The average molecular weight is 320 g/mol. The van der Waals surface area contributed by atoms with Crippen LogP contribution in [0.5, 0.6) is 0 Å². The lowest BCUT2D eigenvalue weighted by Gasteiger charge is -2.54. The van der Waals surface area contributed by atoms with Gasteiger partial charge in [-0.2, -0.15) is 0 Å². The van der Waals surface area contributed by atoms with Crippen molar-refractivity contribution in [2.45, 2.75) is 44.7 Å². The van der Waals surface area contributed by atoms with Crippen molar-refractivity contribution in [3.63, 3.8) is 0 Å². The van der Waals surface area contributed by atoms with Crippen molar-refractivity contribution in [3.05, 3.63) is 23.2 Å². The predicted molar refractivity (Wildman–Crippen MR) is 89.7 cm³/mol. The van der Waals surface area contributed by atoms with E-state index >= 15 is 0 Å². The van der Waals surface area contributed by atoms with Crippen molar-refractivity contribution in [2.75, 3.05) is 23.3 Å². The minimum absolute atomic E-state index is 0.0463. The van der Waals surface area contributed by atoms with Crippen LogP contribution in [-0.4, -0.2) is 36.1 Å². The lowest BCUT2D eigenvalue weighted by molar-refractivity contribution is -0.00600. The SMILES string of the molecule is CC1C[C@@H]2C[C@H](C1)N2C(=O)Nc1ccc(Cl)c(N2CCC2)c1. The van der Waals surface area contributed by atoms with Gasteiger partial charge in [0.15, 0.2) is 0 Å². The molecule has 0 spiro atoms. The van der Waals surface area contributed by atoms with E-state index in [1.54, 1.807) is 0 Å². The van der Waals surface area contributed by atoms with E-state index in [0.717, 1.165) is 48.2 Å². The molecular formula is C17H22ClN3O. The average Bonchev–Trinajstić information content (AvgIpc) is 2.40. The van der Waals surface area contributed by atoms with Crippen LogP contribution < -0.4 is 10.2 Å². The van der Waals surface area contributed by atoms with Crippen molar-refractivity contribution >= 4 is 29.0 Å². The van der Waals surface area contributed by atoms with Crippen LogP contribution in [0.3, 0.4) is 0 Å². The maximum atomic E-state index is 12.5. The van der Waals surface area contributed by atoms with Crippen LogP contribution in [0.2, 0.25) is 5.02 Å². The van der Waals surface area contributed by atoms with E-state index < -0.39 is 0 Å². The van der Waals surface area contributed by atoms with Gasteiger partial charge in [0.2, 0.25) is 0 Å². The highest BCUT2D eigenvalue weighted by Gasteiger charge is 2.46. The number of amides is 2. The molecule has 3 saturated heterocycles. The Kier molecular flexibility index (Phi) is 3.44. The number of hydrogen-bond donors (Lipinski definition) is 1. The molecule has 5 heteroatoms. The van der Waals surface area contributed by atoms with E-state index in [9.17, 15) is 4.79 Å². The molecule has 1 aliphatic carbocycles. The fraction of sp³-hybridized carbons (Fsp3) is 0.588. The van der Waals surface area contributed by atoms with Gasteiger partial charge in [-0.25, -0.2) is 4.79 Å². The summed E-state index contributed by atoms with van der Waals surface area (Å²) in [5.41, 5.74) is 1.87. The molecule has 4 nitrogen and oxygen atoms in total. The van der Waals surface area contributed by atoms with Crippen molar-refractivity contribution < 1.29 is 4.79 Å². The second-order valence-electron chi connectivity index (χ2n) is 6.96. The lowest BCUT2D eigenvalue weighted by Crippen LogP contribution is -2.63. The quantitative estimate of drug-likeness (QED) is 0.895. The van der Waals surface area contributed by atoms with Crippen molar-refractivity contribution in [1.29, 1.82) is 0 Å². The highest BCUT2D eigenvalue weighted by Crippen LogP contribution is 2.41. The van der Waals surface area contributed by atoms with Gasteiger partial charge in [-0.3, -0.25) is 0 Å². The number of urea groups is 1. The zero-order chi connectivity index (χ0) is 15.3. The summed E-state index contributed by atoms with van der Waals surface area (Å²) in [6.45, 7) is 4.38. The minimum atomic E-state index is 0.0463. The summed E-state index contributed by atoms with van der Waals surface area (Å²) in [5, 5.41) is 3.82. The number of nitrogens with zero attached hydrogens (tertiary/aromatic N) is 2. The van der Waals surface area contributed by atoms with Crippen LogP contribution in [0.15, 0.2) is 18.2 Å². The van der Waals surface area contributed by atoms with Gasteiger partial charge in [0.05, 0.1) is 10.7 Å². The highest BCUT2D eigenvalue weighted by molar-refractivity contribution is 6.33. The fourth-order valence-corrected chi connectivity index (χ4v) is 4.29. The Morgan fingerprint density at radius 3 is 2.59 bits per heavy atom. The molecule has 1 saturated carbocycles. The molecule has 2 bridgehead atoms. The van der Waals surface area contributed by atoms with Crippen molar-refractivity contribution in [1.82, 2.24) is 4.90 Å². The third kappa shape index (κ3) is 2.34. The number of nitrogens with one attached hydrogen (secondary N) is 1. The second kappa shape index (κ2) is 5.34. The first-order chi connectivity index (χ1) is 10.6. The van der Waals surface area contributed by atoms with E-state index in [4.69, 9.17) is 11.6 Å². The predicted octanol–water partition coefficient (Wildman–Crippen LogP) is 3.95. The summed E-state index contributed by atoms with van der Waals surface area (Å²) in [5.74, 6) is 0.751. The van der Waals surface area contributed by atoms with Gasteiger partial charge in [0.1, 0.15) is 0 Å². The zero-order valence-corrected chi connectivity index (χ0v) is 13.6. The van der Waals surface area contributed by atoms with Gasteiger partial charge in [-0.1, -0.05) is 18.5 Å². The van der Waals surface area contributed by atoms with E-state index in [1.165, 1.54) is 12.8 Å². The summed E-state index contributed by atoms with van der Waals surface area (Å²) >= 11 is 6.27. The van der Waals surface area contributed by atoms with Gasteiger partial charge in [-0.15, -0.1) is 0 Å². The van der Waals surface area contributed by atoms with E-state index in [-0.39, 0.29) is 6.03 Å². The lowest BCUT2D eigenvalue weighted by atomic mass is 9.74. The minimum Gasteiger partial charge on any atom is -0.370 e. The monoisotopic (exact) mass is 319 g/mol. The van der Waals surface area contributed by atoms with Crippen molar-refractivity contribution in [3.8, 4) is 0 Å². The van der Waals surface area contributed by atoms with Crippen LogP contribution in [0, 0.1) is 5.92 Å². The first kappa shape index (κ1) is 14.2. The molecular weight excluding hydrogens is 298 g/mol. The van der Waals surface area contributed by atoms with E-state index in [0.29, 0.717) is 12.1 Å². The zero-order valence-electron chi connectivity index (χ0n) is 12.9. The Morgan fingerprint density at radius 2 is 1.95 bits per heavy atom. The number of carbonyl (C=O) groups excluding carboxylic acids is 1. The topological polar surface area (TPSA) is 35.6 Å². The molecule has 1 N–H and O–H groups in total. The number of anilines is 2. The Morgan fingerprint density at radius 1 is 1.23 bits per heavy atom. The van der Waals surface area contributed by atoms with Gasteiger partial charge in [-0.05, 0) is 49.8 Å². The summed E-state index contributed by atoms with van der Waals surface area (Å²) in [7, 11) is 0. The van der Waals surface area contributed by atoms with Crippen LogP contribution in [0.4, 0.5) is 16.2 Å². The molecule has 1 unspecified atom stereocenters. The molecule has 4 fully saturated rings. The maximum absolute atomic E-state index is 12.5. The molecule has 118 valence electrons. The number of fused-ring (bicyclic) bond motifs is 2. The number of halogens is 1. The molecule has 2 amide bonds. The molecule has 1 aromatic rings. The summed E-state index contributed by atoms with van der Waals surface area (Å²) in [6, 6.07) is 6.69. The number of piperidine rings is 1. The molecule has 5 rings (SSSR count). The maximum Gasteiger partial charge on any atom is 0.322 e. The summed E-state index contributed by atoms with van der Waals surface area (Å²) in [6.07, 6.45) is 4.67. The highest BCUT2D eigenvalue weighted by atomic mass is 35.5. The normalized spacial score (nSPS) is 29.6. The van der Waals surface area contributed by atoms with Crippen LogP contribution in [0.1, 0.15) is 32.6 Å². The Bertz CT molecular complexity index is 590. The Balaban J connectivity index is 1.46. The molecule has 4 aliphatic rings. The van der Waals surface area contributed by atoms with Gasteiger partial charge in [0.25, 0.3) is 0 Å². The summed E-state index contributed by atoms with van der Waals surface area (Å²) < 4.78 is 0. The molecule has 22 heavy (non-hydrogen) atoms. The fourth-order valence-electron chi connectivity index (χ4n) is 4.06. The number of hydrogen-bond acceptors (Lipinski definition) is 2. The molecule has 3 aliphatic heterocycles. The second-order valence-corrected chi connectivity index (χ2v) is 7.37. The standard InChI is InChI=1S/C17H22ClN3O/c1-11-7-13-10-14(8-11)21(13)17(22)19-12-3-4-15(18)16(9-12)20-5-2-6-20/h3-4,9,11,13-14H,2,5-8,10H2,1H3,(H,19,22)/t11?,13-,14+. The first-order valence-electron chi connectivity index (χ1n) is 8.25. The van der Waals surface area contributed by atoms with Crippen LogP contribution in [0.25, 0.3) is 0 Å². The summed E-state index contributed by atoms with van der Waals surface area (Å²) in [4.78, 5) is 16.8. The number of rotatable bonds is 2. The van der Waals surface area contributed by atoms with E-state index in [1.807, 2.05) is 23.1 Å².